The molecule has 1 aliphatic heterocycles. The Morgan fingerprint density at radius 1 is 1.21 bits per heavy atom. The summed E-state index contributed by atoms with van der Waals surface area (Å²) >= 11 is 0. The molecule has 0 radical (unpaired) electrons. The van der Waals surface area contributed by atoms with E-state index in [1.807, 2.05) is 12.1 Å². The summed E-state index contributed by atoms with van der Waals surface area (Å²) in [6, 6.07) is 8.21. The summed E-state index contributed by atoms with van der Waals surface area (Å²) in [6.07, 6.45) is 3.30. The average molecular weight is 257 g/mol. The standard InChI is InChI=1S/C15H19N3O/c1-11-2-4-13(5-3-11)15-17-14(19-18-15)10-12-6-8-16-9-7-12/h2-5,12,16H,6-10H2,1H3. The van der Waals surface area contributed by atoms with Gasteiger partial charge in [-0.2, -0.15) is 4.98 Å². The molecule has 1 fully saturated rings. The van der Waals surface area contributed by atoms with Crippen LogP contribution in [0.15, 0.2) is 28.8 Å². The van der Waals surface area contributed by atoms with Gasteiger partial charge < -0.3 is 9.84 Å². The Labute approximate surface area is 113 Å². The second kappa shape index (κ2) is 5.53. The molecule has 19 heavy (non-hydrogen) atoms. The van der Waals surface area contributed by atoms with Crippen molar-refractivity contribution in [3.05, 3.63) is 35.7 Å². The lowest BCUT2D eigenvalue weighted by atomic mass is 9.95. The number of nitrogens with zero attached hydrogens (tertiary/aromatic N) is 2. The molecule has 3 rings (SSSR count). The molecule has 1 aromatic carbocycles. The van der Waals surface area contributed by atoms with Crippen LogP contribution in [0.5, 0.6) is 0 Å². The van der Waals surface area contributed by atoms with Crippen LogP contribution >= 0.6 is 0 Å². The lowest BCUT2D eigenvalue weighted by Gasteiger charge is -2.20. The van der Waals surface area contributed by atoms with E-state index in [4.69, 9.17) is 4.52 Å². The van der Waals surface area contributed by atoms with Crippen molar-refractivity contribution in [3.8, 4) is 11.4 Å². The van der Waals surface area contributed by atoms with Crippen LogP contribution in [0.3, 0.4) is 0 Å². The third-order valence-corrected chi connectivity index (χ3v) is 3.70. The number of hydrogen-bond acceptors (Lipinski definition) is 4. The van der Waals surface area contributed by atoms with Crippen LogP contribution < -0.4 is 5.32 Å². The van der Waals surface area contributed by atoms with Crippen LogP contribution in [0.1, 0.15) is 24.3 Å². The Balaban J connectivity index is 1.70. The number of benzene rings is 1. The molecular weight excluding hydrogens is 238 g/mol. The van der Waals surface area contributed by atoms with Crippen LogP contribution in [0.4, 0.5) is 0 Å². The van der Waals surface area contributed by atoms with Gasteiger partial charge in [0, 0.05) is 12.0 Å². The van der Waals surface area contributed by atoms with Gasteiger partial charge in [-0.15, -0.1) is 0 Å². The summed E-state index contributed by atoms with van der Waals surface area (Å²) in [5, 5.41) is 7.45. The smallest absolute Gasteiger partial charge is 0.227 e. The second-order valence-electron chi connectivity index (χ2n) is 5.28. The third kappa shape index (κ3) is 3.01. The van der Waals surface area contributed by atoms with Gasteiger partial charge in [0.1, 0.15) is 0 Å². The quantitative estimate of drug-likeness (QED) is 0.918. The predicted octanol–water partition coefficient (Wildman–Crippen LogP) is 2.59. The Bertz CT molecular complexity index is 527. The molecule has 1 saturated heterocycles. The van der Waals surface area contributed by atoms with Crippen molar-refractivity contribution in [2.45, 2.75) is 26.2 Å². The summed E-state index contributed by atoms with van der Waals surface area (Å²) < 4.78 is 5.37. The molecule has 0 saturated carbocycles. The van der Waals surface area contributed by atoms with E-state index >= 15 is 0 Å². The maximum atomic E-state index is 5.37. The Morgan fingerprint density at radius 3 is 2.68 bits per heavy atom. The molecule has 0 aliphatic carbocycles. The molecule has 4 nitrogen and oxygen atoms in total. The first kappa shape index (κ1) is 12.4. The Hall–Kier alpha value is -1.68. The van der Waals surface area contributed by atoms with E-state index in [1.54, 1.807) is 0 Å². The zero-order valence-corrected chi connectivity index (χ0v) is 11.2. The first-order chi connectivity index (χ1) is 9.31. The fraction of sp³-hybridized carbons (Fsp3) is 0.467. The van der Waals surface area contributed by atoms with Gasteiger partial charge >= 0.3 is 0 Å². The van der Waals surface area contributed by atoms with Gasteiger partial charge in [0.25, 0.3) is 0 Å². The molecule has 1 N–H and O–H groups in total. The van der Waals surface area contributed by atoms with Crippen molar-refractivity contribution >= 4 is 0 Å². The lowest BCUT2D eigenvalue weighted by Crippen LogP contribution is -2.28. The molecule has 1 aromatic heterocycles. The van der Waals surface area contributed by atoms with Gasteiger partial charge in [0.15, 0.2) is 0 Å². The highest BCUT2D eigenvalue weighted by atomic mass is 16.5. The van der Waals surface area contributed by atoms with Crippen molar-refractivity contribution < 1.29 is 4.52 Å². The SMILES string of the molecule is Cc1ccc(-c2noc(CC3CCNCC3)n2)cc1. The summed E-state index contributed by atoms with van der Waals surface area (Å²) in [7, 11) is 0. The first-order valence-corrected chi connectivity index (χ1v) is 6.91. The van der Waals surface area contributed by atoms with E-state index in [2.05, 4.69) is 34.5 Å². The number of aromatic nitrogens is 2. The second-order valence-corrected chi connectivity index (χ2v) is 5.28. The molecule has 0 bridgehead atoms. The van der Waals surface area contributed by atoms with E-state index in [1.165, 1.54) is 18.4 Å². The molecule has 0 amide bonds. The average Bonchev–Trinajstić information content (AvgIpc) is 2.89. The fourth-order valence-electron chi connectivity index (χ4n) is 2.49. The van der Waals surface area contributed by atoms with E-state index in [9.17, 15) is 0 Å². The van der Waals surface area contributed by atoms with Crippen LogP contribution in [0.25, 0.3) is 11.4 Å². The zero-order valence-electron chi connectivity index (χ0n) is 11.2. The van der Waals surface area contributed by atoms with Crippen LogP contribution in [0, 0.1) is 12.8 Å². The summed E-state index contributed by atoms with van der Waals surface area (Å²) in [5.41, 5.74) is 2.26. The van der Waals surface area contributed by atoms with Crippen LogP contribution in [-0.4, -0.2) is 23.2 Å². The Morgan fingerprint density at radius 2 is 1.95 bits per heavy atom. The number of piperidine rings is 1. The van der Waals surface area contributed by atoms with Gasteiger partial charge in [-0.1, -0.05) is 35.0 Å². The number of nitrogens with one attached hydrogen (secondary N) is 1. The fourth-order valence-corrected chi connectivity index (χ4v) is 2.49. The van der Waals surface area contributed by atoms with Crippen LogP contribution in [-0.2, 0) is 6.42 Å². The molecule has 4 heteroatoms. The monoisotopic (exact) mass is 257 g/mol. The van der Waals surface area contributed by atoms with Crippen molar-refractivity contribution in [2.24, 2.45) is 5.92 Å². The van der Waals surface area contributed by atoms with Crippen molar-refractivity contribution in [3.63, 3.8) is 0 Å². The molecule has 0 atom stereocenters. The van der Waals surface area contributed by atoms with E-state index in [-0.39, 0.29) is 0 Å². The van der Waals surface area contributed by atoms with Gasteiger partial charge in [0.05, 0.1) is 0 Å². The van der Waals surface area contributed by atoms with E-state index in [0.717, 1.165) is 31.0 Å². The van der Waals surface area contributed by atoms with E-state index in [0.29, 0.717) is 11.7 Å². The maximum absolute atomic E-state index is 5.37. The minimum Gasteiger partial charge on any atom is -0.339 e. The largest absolute Gasteiger partial charge is 0.339 e. The van der Waals surface area contributed by atoms with Crippen LogP contribution in [0.2, 0.25) is 0 Å². The maximum Gasteiger partial charge on any atom is 0.227 e. The van der Waals surface area contributed by atoms with Gasteiger partial charge in [0.2, 0.25) is 11.7 Å². The van der Waals surface area contributed by atoms with Gasteiger partial charge in [-0.3, -0.25) is 0 Å². The third-order valence-electron chi connectivity index (χ3n) is 3.70. The number of rotatable bonds is 3. The molecule has 100 valence electrons. The van der Waals surface area contributed by atoms with Crippen molar-refractivity contribution in [1.82, 2.24) is 15.5 Å². The summed E-state index contributed by atoms with van der Waals surface area (Å²) in [6.45, 7) is 4.27. The zero-order chi connectivity index (χ0) is 13.1. The molecule has 2 aromatic rings. The molecule has 0 spiro atoms. The molecule has 0 unspecified atom stereocenters. The molecular formula is C15H19N3O. The topological polar surface area (TPSA) is 51.0 Å². The minimum absolute atomic E-state index is 0.674. The molecule has 2 heterocycles. The lowest BCUT2D eigenvalue weighted by molar-refractivity contribution is 0.313. The van der Waals surface area contributed by atoms with Crippen molar-refractivity contribution in [1.29, 1.82) is 0 Å². The first-order valence-electron chi connectivity index (χ1n) is 6.91. The summed E-state index contributed by atoms with van der Waals surface area (Å²) in [5.74, 6) is 2.14. The highest BCUT2D eigenvalue weighted by Gasteiger charge is 2.17. The van der Waals surface area contributed by atoms with E-state index < -0.39 is 0 Å². The minimum atomic E-state index is 0.674. The van der Waals surface area contributed by atoms with Gasteiger partial charge in [-0.25, -0.2) is 0 Å². The predicted molar refractivity (Wildman–Crippen MR) is 73.8 cm³/mol. The highest BCUT2D eigenvalue weighted by molar-refractivity contribution is 5.54. The normalized spacial score (nSPS) is 16.7. The highest BCUT2D eigenvalue weighted by Crippen LogP contribution is 2.20. The molecule has 1 aliphatic rings. The summed E-state index contributed by atoms with van der Waals surface area (Å²) in [4.78, 5) is 4.51. The Kier molecular flexibility index (Phi) is 3.60. The number of hydrogen-bond donors (Lipinski definition) is 1. The van der Waals surface area contributed by atoms with Crippen molar-refractivity contribution in [2.75, 3.05) is 13.1 Å². The van der Waals surface area contributed by atoms with Gasteiger partial charge in [-0.05, 0) is 38.8 Å². The number of aryl methyl sites for hydroxylation is 1.